The molecule has 0 aliphatic carbocycles. The van der Waals surface area contributed by atoms with Gasteiger partial charge in [0.05, 0.1) is 31.3 Å². The Hall–Kier alpha value is -5.86. The lowest BCUT2D eigenvalue weighted by Crippen LogP contribution is -2.29. The summed E-state index contributed by atoms with van der Waals surface area (Å²) < 4.78 is 0. The average Bonchev–Trinajstić information content (AvgIpc) is 3.87. The normalized spacial score (nSPS) is 15.3. The van der Waals surface area contributed by atoms with Crippen LogP contribution < -0.4 is 0 Å². The first-order valence-electron chi connectivity index (χ1n) is 16.4. The minimum atomic E-state index is -0.402. The molecule has 14 nitrogen and oxygen atoms in total. The largest absolute Gasteiger partial charge is 0.361 e. The zero-order chi connectivity index (χ0) is 35.4. The highest BCUT2D eigenvalue weighted by Crippen LogP contribution is 2.34. The molecule has 1 saturated heterocycles. The molecule has 0 unspecified atom stereocenters. The lowest BCUT2D eigenvalue weighted by atomic mass is 9.89. The smallest absolute Gasteiger partial charge is 0.271 e. The number of aromatic nitrogens is 3. The van der Waals surface area contributed by atoms with E-state index in [1.165, 1.54) is 23.3 Å². The van der Waals surface area contributed by atoms with E-state index in [-0.39, 0.29) is 34.3 Å². The zero-order valence-electron chi connectivity index (χ0n) is 27.8. The van der Waals surface area contributed by atoms with Gasteiger partial charge in [0, 0.05) is 84.4 Å². The van der Waals surface area contributed by atoms with Crippen LogP contribution in [0.1, 0.15) is 43.7 Å². The second kappa shape index (κ2) is 15.8. The van der Waals surface area contributed by atoms with E-state index in [1.807, 2.05) is 30.6 Å². The molecule has 51 heavy (non-hydrogen) atoms. The molecule has 0 saturated carbocycles. The first-order chi connectivity index (χ1) is 24.1. The molecule has 0 atom stereocenters. The number of hydrogen-bond donors (Lipinski definition) is 3. The number of fused-ring (bicyclic) bond motifs is 3. The van der Waals surface area contributed by atoms with E-state index in [2.05, 4.69) is 44.9 Å². The van der Waals surface area contributed by atoms with Gasteiger partial charge in [-0.15, -0.1) is 0 Å². The molecule has 3 aromatic heterocycles. The third-order valence-electron chi connectivity index (χ3n) is 9.45. The summed E-state index contributed by atoms with van der Waals surface area (Å²) in [7, 11) is 4.25. The highest BCUT2D eigenvalue weighted by Gasteiger charge is 2.22. The molecule has 3 N–H and O–H groups in total. The number of benzene rings is 3. The Labute approximate surface area is 294 Å². The number of rotatable bonds is 5. The Morgan fingerprint density at radius 2 is 1.24 bits per heavy atom. The monoisotopic (exact) mass is 694 g/mol. The maximum Gasteiger partial charge on any atom is 0.271 e. The molecule has 2 aliphatic heterocycles. The van der Waals surface area contributed by atoms with Crippen molar-refractivity contribution < 1.29 is 14.8 Å². The molecular weight excluding hydrogens is 652 g/mol. The molecular formula is C37H42N8O6. The Bertz CT molecular complexity index is 2210. The minimum Gasteiger partial charge on any atom is -0.361 e. The zero-order valence-corrected chi connectivity index (χ0v) is 27.8. The van der Waals surface area contributed by atoms with Gasteiger partial charge in [-0.1, -0.05) is 13.5 Å². The van der Waals surface area contributed by atoms with Crippen LogP contribution in [-0.4, -0.2) is 79.8 Å². The third kappa shape index (κ3) is 8.31. The lowest BCUT2D eigenvalue weighted by molar-refractivity contribution is -0.384. The van der Waals surface area contributed by atoms with Crippen LogP contribution in [0.15, 0.2) is 85.3 Å². The van der Waals surface area contributed by atoms with Crippen LogP contribution in [-0.2, 0) is 0 Å². The molecule has 3 aromatic carbocycles. The van der Waals surface area contributed by atoms with Gasteiger partial charge in [-0.05, 0) is 93.2 Å². The standard InChI is InChI=1S/C14H17N3O2.C14H15N3O2.C8H6N2O2.CH4/c2*1-16-6-4-10(5-7-16)13-9-15-14-8-11(17(18)19)2-3-12(13)14;11-10(12)7-2-1-6-3-4-9-8(6)5-7;/h2-3,8-10,15H,4-7H2,1H3;2-4,8-9,15H,5-7H2,1H3;1-5,9H;1H4. The van der Waals surface area contributed by atoms with Crippen molar-refractivity contribution in [3.8, 4) is 0 Å². The summed E-state index contributed by atoms with van der Waals surface area (Å²) in [6, 6.07) is 16.7. The predicted octanol–water partition coefficient (Wildman–Crippen LogP) is 8.39. The van der Waals surface area contributed by atoms with Crippen molar-refractivity contribution in [1.29, 1.82) is 0 Å². The predicted molar refractivity (Wildman–Crippen MR) is 201 cm³/mol. The van der Waals surface area contributed by atoms with Crippen LogP contribution in [0.5, 0.6) is 0 Å². The van der Waals surface area contributed by atoms with Crippen LogP contribution in [0.25, 0.3) is 38.3 Å². The summed E-state index contributed by atoms with van der Waals surface area (Å²) in [5.41, 5.74) is 6.65. The van der Waals surface area contributed by atoms with E-state index in [0.717, 1.165) is 83.7 Å². The van der Waals surface area contributed by atoms with Gasteiger partial charge in [0.15, 0.2) is 0 Å². The maximum absolute atomic E-state index is 10.8. The SMILES string of the molecule is C.CN1CC=C(c2c[nH]c3cc([N+](=O)[O-])ccc23)CC1.CN1CCC(c2c[nH]c3cc([N+](=O)[O-])ccc23)CC1.O=[N+]([O-])c1ccc2cc[nH]c2c1. The van der Waals surface area contributed by atoms with Crippen molar-refractivity contribution in [2.24, 2.45) is 0 Å². The highest BCUT2D eigenvalue weighted by atomic mass is 16.6. The van der Waals surface area contributed by atoms with E-state index in [0.29, 0.717) is 5.92 Å². The van der Waals surface area contributed by atoms with Crippen LogP contribution in [0.2, 0.25) is 0 Å². The Kier molecular flexibility index (Phi) is 11.3. The van der Waals surface area contributed by atoms with Crippen molar-refractivity contribution in [3.63, 3.8) is 0 Å². The molecule has 0 amide bonds. The number of H-pyrrole nitrogens is 3. The summed E-state index contributed by atoms with van der Waals surface area (Å²) >= 11 is 0. The first kappa shape index (κ1) is 36.4. The van der Waals surface area contributed by atoms with Gasteiger partial charge in [-0.2, -0.15) is 0 Å². The topological polar surface area (TPSA) is 183 Å². The Morgan fingerprint density at radius 3 is 1.84 bits per heavy atom. The van der Waals surface area contributed by atoms with E-state index in [4.69, 9.17) is 0 Å². The maximum atomic E-state index is 10.8. The fourth-order valence-electron chi connectivity index (χ4n) is 6.57. The quantitative estimate of drug-likeness (QED) is 0.119. The van der Waals surface area contributed by atoms with Gasteiger partial charge < -0.3 is 24.8 Å². The molecule has 8 rings (SSSR count). The van der Waals surface area contributed by atoms with Crippen LogP contribution in [0, 0.1) is 30.3 Å². The summed E-state index contributed by atoms with van der Waals surface area (Å²) in [5.74, 6) is 0.561. The summed E-state index contributed by atoms with van der Waals surface area (Å²) in [6.45, 7) is 4.23. The lowest BCUT2D eigenvalue weighted by Gasteiger charge is -2.28. The minimum absolute atomic E-state index is 0. The van der Waals surface area contributed by atoms with Crippen LogP contribution >= 0.6 is 0 Å². The molecule has 14 heteroatoms. The third-order valence-corrected chi connectivity index (χ3v) is 9.45. The highest BCUT2D eigenvalue weighted by molar-refractivity contribution is 5.94. The number of hydrogen-bond acceptors (Lipinski definition) is 8. The second-order valence-electron chi connectivity index (χ2n) is 12.7. The van der Waals surface area contributed by atoms with Crippen molar-refractivity contribution in [1.82, 2.24) is 24.8 Å². The summed E-state index contributed by atoms with van der Waals surface area (Å²) in [6.07, 6.45) is 11.3. The average molecular weight is 695 g/mol. The van der Waals surface area contributed by atoms with Crippen molar-refractivity contribution in [3.05, 3.63) is 127 Å². The van der Waals surface area contributed by atoms with E-state index < -0.39 is 4.92 Å². The number of aromatic amines is 3. The number of nitro benzene ring substituents is 3. The molecule has 0 bridgehead atoms. The van der Waals surface area contributed by atoms with Crippen molar-refractivity contribution in [2.75, 3.05) is 40.3 Å². The molecule has 0 radical (unpaired) electrons. The fourth-order valence-corrected chi connectivity index (χ4v) is 6.57. The van der Waals surface area contributed by atoms with Gasteiger partial charge in [0.1, 0.15) is 0 Å². The molecule has 266 valence electrons. The van der Waals surface area contributed by atoms with Gasteiger partial charge in [-0.25, -0.2) is 0 Å². The van der Waals surface area contributed by atoms with Gasteiger partial charge in [-0.3, -0.25) is 30.3 Å². The summed E-state index contributed by atoms with van der Waals surface area (Å²) in [5, 5.41) is 35.1. The van der Waals surface area contributed by atoms with Crippen molar-refractivity contribution in [2.45, 2.75) is 32.6 Å². The van der Waals surface area contributed by atoms with E-state index >= 15 is 0 Å². The first-order valence-corrected chi connectivity index (χ1v) is 16.4. The van der Waals surface area contributed by atoms with E-state index in [1.54, 1.807) is 36.5 Å². The van der Waals surface area contributed by atoms with Crippen LogP contribution in [0.4, 0.5) is 17.1 Å². The molecule has 1 fully saturated rings. The molecule has 2 aliphatic rings. The second-order valence-corrected chi connectivity index (χ2v) is 12.7. The number of likely N-dealkylation sites (tertiary alicyclic amines) is 1. The van der Waals surface area contributed by atoms with E-state index in [9.17, 15) is 30.3 Å². The number of non-ortho nitro benzene ring substituents is 3. The number of nitro groups is 3. The number of nitrogens with one attached hydrogen (secondary N) is 3. The van der Waals surface area contributed by atoms with Gasteiger partial charge in [0.2, 0.25) is 0 Å². The molecule has 0 spiro atoms. The van der Waals surface area contributed by atoms with Crippen molar-refractivity contribution >= 4 is 55.3 Å². The number of piperidine rings is 1. The summed E-state index contributed by atoms with van der Waals surface area (Å²) in [4.78, 5) is 44.6. The number of nitrogens with zero attached hydrogens (tertiary/aromatic N) is 5. The Balaban J connectivity index is 0.000000151. The molecule has 6 aromatic rings. The molecule has 5 heterocycles. The van der Waals surface area contributed by atoms with Crippen LogP contribution in [0.3, 0.4) is 0 Å². The van der Waals surface area contributed by atoms with Gasteiger partial charge >= 0.3 is 0 Å². The number of likely N-dealkylation sites (N-methyl/N-ethyl adjacent to an activating group) is 1. The fraction of sp³-hybridized carbons (Fsp3) is 0.297. The van der Waals surface area contributed by atoms with Gasteiger partial charge in [0.25, 0.3) is 17.1 Å². The Morgan fingerprint density at radius 1 is 0.667 bits per heavy atom.